The Bertz CT molecular complexity index is 2540. The standard InChI is InChI=1S/C50H57N9O7/c1-56(28-29-7-11-33(12-8-29)53-34-13-16-38-39(27-34)50(65)58(49(38)64)41-17-18-42(60)54-47(41)62)35-25-32(26-35)48(63)57-23-20-30(21-24-57)40-19-22-52-46-43(45(51)61)44(55-59(40)46)31-9-14-37(15-10-31)66-36-5-3-2-4-6-36/h2-6,9-10,13-16,27,29-30,32-33,35,40-41,52-53H,7-8,11-12,17-26,28H2,1H3,(H2,51,61)(H,54,60,62)/t29?,32?,33?,35?,40-,41?/m0/s1. The van der Waals surface area contributed by atoms with Crippen LogP contribution in [0.3, 0.4) is 0 Å². The van der Waals surface area contributed by atoms with Crippen LogP contribution >= 0.6 is 0 Å². The van der Waals surface area contributed by atoms with Crippen LogP contribution in [0.15, 0.2) is 72.8 Å². The summed E-state index contributed by atoms with van der Waals surface area (Å²) in [5.74, 6) is 0.757. The van der Waals surface area contributed by atoms with Gasteiger partial charge in [-0.25, -0.2) is 4.68 Å². The summed E-state index contributed by atoms with van der Waals surface area (Å²) in [7, 11) is 2.19. The zero-order valence-corrected chi connectivity index (χ0v) is 37.2. The van der Waals surface area contributed by atoms with E-state index in [1.165, 1.54) is 0 Å². The molecule has 6 amide bonds. The number of anilines is 2. The molecule has 1 unspecified atom stereocenters. The molecule has 0 radical (unpaired) electrons. The Morgan fingerprint density at radius 2 is 1.56 bits per heavy atom. The lowest BCUT2D eigenvalue weighted by Gasteiger charge is -2.45. The van der Waals surface area contributed by atoms with Crippen LogP contribution in [0.25, 0.3) is 11.3 Å². The lowest BCUT2D eigenvalue weighted by Crippen LogP contribution is -2.54. The molecule has 0 spiro atoms. The van der Waals surface area contributed by atoms with Gasteiger partial charge >= 0.3 is 0 Å². The number of ether oxygens (including phenoxy) is 1. The summed E-state index contributed by atoms with van der Waals surface area (Å²) < 4.78 is 7.96. The minimum Gasteiger partial charge on any atom is -0.457 e. The number of benzene rings is 3. The van der Waals surface area contributed by atoms with Crippen molar-refractivity contribution in [3.8, 4) is 22.8 Å². The van der Waals surface area contributed by atoms with Gasteiger partial charge in [0.1, 0.15) is 34.6 Å². The Morgan fingerprint density at radius 1 is 0.848 bits per heavy atom. The van der Waals surface area contributed by atoms with Gasteiger partial charge in [-0.2, -0.15) is 5.10 Å². The number of hydrogen-bond donors (Lipinski definition) is 4. The van der Waals surface area contributed by atoms with Crippen molar-refractivity contribution in [1.82, 2.24) is 29.8 Å². The van der Waals surface area contributed by atoms with Crippen LogP contribution in [-0.2, 0) is 14.4 Å². The molecule has 2 saturated carbocycles. The maximum absolute atomic E-state index is 13.8. The number of imide groups is 2. The molecule has 2 aliphatic carbocycles. The van der Waals surface area contributed by atoms with Crippen LogP contribution in [-0.4, -0.2) is 111 Å². The van der Waals surface area contributed by atoms with E-state index in [4.69, 9.17) is 15.6 Å². The normalized spacial score (nSPS) is 25.4. The Kier molecular flexibility index (Phi) is 11.8. The molecule has 10 rings (SSSR count). The minimum absolute atomic E-state index is 0.0568. The Labute approximate surface area is 383 Å². The number of nitrogens with one attached hydrogen (secondary N) is 3. The van der Waals surface area contributed by atoms with Crippen molar-refractivity contribution < 1.29 is 33.5 Å². The number of primary amides is 1. The number of carbonyl (C=O) groups is 6. The lowest BCUT2D eigenvalue weighted by atomic mass is 9.77. The molecule has 6 aliphatic rings. The first-order valence-corrected chi connectivity index (χ1v) is 23.6. The highest BCUT2D eigenvalue weighted by atomic mass is 16.5. The number of amides is 6. The fraction of sp³-hybridized carbons (Fsp3) is 0.460. The third kappa shape index (κ3) is 8.42. The molecule has 2 saturated heterocycles. The highest BCUT2D eigenvalue weighted by Crippen LogP contribution is 2.42. The van der Waals surface area contributed by atoms with E-state index in [-0.39, 0.29) is 47.9 Å². The van der Waals surface area contributed by atoms with Crippen molar-refractivity contribution in [2.45, 2.75) is 94.8 Å². The summed E-state index contributed by atoms with van der Waals surface area (Å²) in [5.41, 5.74) is 9.05. The molecule has 16 heteroatoms. The number of carbonyl (C=O) groups excluding carboxylic acids is 6. The van der Waals surface area contributed by atoms with Gasteiger partial charge in [0.2, 0.25) is 17.7 Å². The molecule has 5 heterocycles. The predicted molar refractivity (Wildman–Crippen MR) is 246 cm³/mol. The number of hydrogen-bond acceptors (Lipinski definition) is 11. The topological polar surface area (TPSA) is 201 Å². The van der Waals surface area contributed by atoms with Gasteiger partial charge in [-0.3, -0.25) is 39.0 Å². The van der Waals surface area contributed by atoms with Crippen molar-refractivity contribution in [3.05, 3.63) is 89.5 Å². The molecule has 4 aliphatic heterocycles. The van der Waals surface area contributed by atoms with E-state index in [0.29, 0.717) is 47.2 Å². The third-order valence-electron chi connectivity index (χ3n) is 15.0. The highest BCUT2D eigenvalue weighted by molar-refractivity contribution is 6.23. The van der Waals surface area contributed by atoms with Crippen molar-refractivity contribution in [2.75, 3.05) is 43.9 Å². The summed E-state index contributed by atoms with van der Waals surface area (Å²) in [6.07, 6.45) is 8.72. The van der Waals surface area contributed by atoms with Gasteiger partial charge in [-0.15, -0.1) is 0 Å². The number of aromatic nitrogens is 2. The summed E-state index contributed by atoms with van der Waals surface area (Å²) in [5, 5.41) is 14.3. The Morgan fingerprint density at radius 3 is 2.27 bits per heavy atom. The molecular weight excluding hydrogens is 839 g/mol. The second kappa shape index (κ2) is 18.0. The SMILES string of the molecule is CN(CC1CCC(Nc2ccc3c(c2)C(=O)N(C2CCC(=O)NC2=O)C3=O)CC1)C1CC(C(=O)N2CCC([C@@H]3CCNc4c(C(N)=O)c(-c5ccc(Oc6ccccc6)cc5)nn43)CC2)C1. The van der Waals surface area contributed by atoms with E-state index in [1.54, 1.807) is 12.1 Å². The number of rotatable bonds is 12. The van der Waals surface area contributed by atoms with Gasteiger partial charge in [0.15, 0.2) is 0 Å². The van der Waals surface area contributed by atoms with Crippen LogP contribution in [0, 0.1) is 17.8 Å². The average molecular weight is 896 g/mol. The van der Waals surface area contributed by atoms with Crippen molar-refractivity contribution in [1.29, 1.82) is 0 Å². The number of para-hydroxylation sites is 1. The number of nitrogens with zero attached hydrogens (tertiary/aromatic N) is 5. The zero-order chi connectivity index (χ0) is 45.6. The van der Waals surface area contributed by atoms with Crippen LogP contribution in [0.2, 0.25) is 0 Å². The quantitative estimate of drug-likeness (QED) is 0.125. The second-order valence-electron chi connectivity index (χ2n) is 19.1. The van der Waals surface area contributed by atoms with Crippen LogP contribution < -0.4 is 26.4 Å². The lowest BCUT2D eigenvalue weighted by molar-refractivity contribution is -0.142. The first-order valence-electron chi connectivity index (χ1n) is 23.6. The maximum atomic E-state index is 13.8. The number of piperidine rings is 2. The number of nitrogens with two attached hydrogens (primary N) is 1. The minimum atomic E-state index is -0.983. The Hall–Kier alpha value is -6.55. The largest absolute Gasteiger partial charge is 0.457 e. The van der Waals surface area contributed by atoms with Gasteiger partial charge in [0.05, 0.1) is 17.2 Å². The summed E-state index contributed by atoms with van der Waals surface area (Å²) in [4.78, 5) is 82.7. The van der Waals surface area contributed by atoms with Gasteiger partial charge in [-0.05, 0) is 138 Å². The van der Waals surface area contributed by atoms with E-state index in [9.17, 15) is 28.8 Å². The summed E-state index contributed by atoms with van der Waals surface area (Å²) in [6.45, 7) is 3.15. The van der Waals surface area contributed by atoms with Gasteiger partial charge in [0.25, 0.3) is 17.7 Å². The van der Waals surface area contributed by atoms with Gasteiger partial charge in [-0.1, -0.05) is 18.2 Å². The molecule has 5 N–H and O–H groups in total. The highest BCUT2D eigenvalue weighted by Gasteiger charge is 2.45. The molecule has 16 nitrogen and oxygen atoms in total. The molecule has 344 valence electrons. The van der Waals surface area contributed by atoms with Gasteiger partial charge in [0, 0.05) is 61.9 Å². The maximum Gasteiger partial charge on any atom is 0.262 e. The van der Waals surface area contributed by atoms with Crippen LogP contribution in [0.1, 0.15) is 108 Å². The van der Waals surface area contributed by atoms with Gasteiger partial charge < -0.3 is 30.9 Å². The molecule has 1 aromatic heterocycles. The third-order valence-corrected chi connectivity index (χ3v) is 15.0. The first kappa shape index (κ1) is 43.3. The molecule has 4 fully saturated rings. The molecule has 3 aromatic carbocycles. The first-order chi connectivity index (χ1) is 32.0. The molecular formula is C50H57N9O7. The monoisotopic (exact) mass is 895 g/mol. The van der Waals surface area contributed by atoms with Crippen molar-refractivity contribution in [2.24, 2.45) is 23.5 Å². The fourth-order valence-electron chi connectivity index (χ4n) is 11.2. The second-order valence-corrected chi connectivity index (χ2v) is 19.1. The molecule has 66 heavy (non-hydrogen) atoms. The summed E-state index contributed by atoms with van der Waals surface area (Å²) in [6, 6.07) is 22.1. The summed E-state index contributed by atoms with van der Waals surface area (Å²) >= 11 is 0. The predicted octanol–water partition coefficient (Wildman–Crippen LogP) is 5.82. The van der Waals surface area contributed by atoms with Crippen LogP contribution in [0.5, 0.6) is 11.5 Å². The van der Waals surface area contributed by atoms with E-state index in [2.05, 4.69) is 32.8 Å². The molecule has 0 bridgehead atoms. The van der Waals surface area contributed by atoms with E-state index in [0.717, 1.165) is 99.3 Å². The van der Waals surface area contributed by atoms with Crippen molar-refractivity contribution in [3.63, 3.8) is 0 Å². The molecule has 4 aromatic rings. The van der Waals surface area contributed by atoms with E-state index in [1.807, 2.05) is 65.3 Å². The smallest absolute Gasteiger partial charge is 0.262 e. The molecule has 2 atom stereocenters. The van der Waals surface area contributed by atoms with Crippen LogP contribution in [0.4, 0.5) is 11.5 Å². The average Bonchev–Trinajstić information content (AvgIpc) is 3.81. The van der Waals surface area contributed by atoms with E-state index < -0.39 is 35.6 Å². The Balaban J connectivity index is 0.674. The van der Waals surface area contributed by atoms with Crippen molar-refractivity contribution >= 4 is 46.9 Å². The fourth-order valence-corrected chi connectivity index (χ4v) is 11.2. The zero-order valence-electron chi connectivity index (χ0n) is 37.2. The van der Waals surface area contributed by atoms with E-state index >= 15 is 0 Å². The number of likely N-dealkylation sites (tertiary alicyclic amines) is 1. The number of fused-ring (bicyclic) bond motifs is 2.